The Morgan fingerprint density at radius 2 is 2.11 bits per heavy atom. The molecule has 1 saturated heterocycles. The molecule has 1 aliphatic heterocycles. The molecule has 0 saturated carbocycles. The Morgan fingerprint density at radius 3 is 2.81 bits per heavy atom. The van der Waals surface area contributed by atoms with E-state index in [0.717, 1.165) is 25.2 Å². The number of hydrogen-bond donors (Lipinski definition) is 4. The molecule has 0 spiro atoms. The lowest BCUT2D eigenvalue weighted by molar-refractivity contribution is 0.388. The first-order chi connectivity index (χ1) is 13.2. The van der Waals surface area contributed by atoms with Crippen LogP contribution in [0.4, 0.5) is 5.69 Å². The summed E-state index contributed by atoms with van der Waals surface area (Å²) in [5.41, 5.74) is 1.49. The van der Waals surface area contributed by atoms with E-state index in [9.17, 15) is 9.90 Å². The quantitative estimate of drug-likeness (QED) is 0.529. The molecule has 27 heavy (non-hydrogen) atoms. The minimum absolute atomic E-state index is 0.168. The largest absolute Gasteiger partial charge is 0.508 e. The minimum atomic E-state index is -0.611. The zero-order valence-corrected chi connectivity index (χ0v) is 14.6. The van der Waals surface area contributed by atoms with Gasteiger partial charge in [-0.2, -0.15) is 0 Å². The van der Waals surface area contributed by atoms with Gasteiger partial charge in [0.2, 0.25) is 0 Å². The number of H-pyrrole nitrogens is 1. The topological polar surface area (TPSA) is 112 Å². The summed E-state index contributed by atoms with van der Waals surface area (Å²) in [6, 6.07) is 12.4. The lowest BCUT2D eigenvalue weighted by Gasteiger charge is -2.17. The second-order valence-electron chi connectivity index (χ2n) is 6.42. The molecule has 8 heteroatoms. The van der Waals surface area contributed by atoms with Gasteiger partial charge >= 0.3 is 5.76 Å². The average Bonchev–Trinajstić information content (AvgIpc) is 3.34. The maximum absolute atomic E-state index is 11.2. The van der Waals surface area contributed by atoms with Gasteiger partial charge < -0.3 is 20.5 Å². The fourth-order valence-corrected chi connectivity index (χ4v) is 3.06. The van der Waals surface area contributed by atoms with Gasteiger partial charge in [-0.25, -0.2) is 4.79 Å². The molecule has 8 nitrogen and oxygen atoms in total. The molecule has 3 aromatic rings. The van der Waals surface area contributed by atoms with Crippen molar-refractivity contribution in [2.75, 3.05) is 18.4 Å². The third-order valence-corrected chi connectivity index (χ3v) is 4.46. The molecule has 2 heterocycles. The fraction of sp³-hybridized carbons (Fsp3) is 0.263. The highest BCUT2D eigenvalue weighted by Crippen LogP contribution is 2.33. The Balaban J connectivity index is 1.61. The standard InChI is InChI=1S/C19H20N4O4/c24-14-4-6-15(7-5-14)26-17-10-12(18-22-19(25)27-23-18)3-8-16(17)21-11-13-2-1-9-20-13/h3-8,10,13,20-21,24H,1-2,9,11H2,(H,22,23,25)/t13-/m0/s1. The van der Waals surface area contributed by atoms with Crippen LogP contribution in [0.1, 0.15) is 12.8 Å². The van der Waals surface area contributed by atoms with Crippen LogP contribution >= 0.6 is 0 Å². The molecular weight excluding hydrogens is 348 g/mol. The van der Waals surface area contributed by atoms with Crippen LogP contribution in [0, 0.1) is 0 Å². The molecule has 4 N–H and O–H groups in total. The van der Waals surface area contributed by atoms with Crippen molar-refractivity contribution in [3.8, 4) is 28.6 Å². The second kappa shape index (κ2) is 7.55. The molecule has 0 radical (unpaired) electrons. The van der Waals surface area contributed by atoms with Gasteiger partial charge in [0.05, 0.1) is 5.69 Å². The van der Waals surface area contributed by atoms with Gasteiger partial charge in [-0.15, -0.1) is 0 Å². The zero-order valence-electron chi connectivity index (χ0n) is 14.6. The molecule has 1 aliphatic rings. The van der Waals surface area contributed by atoms with Crippen molar-refractivity contribution < 1.29 is 14.4 Å². The van der Waals surface area contributed by atoms with E-state index in [1.54, 1.807) is 30.3 Å². The maximum Gasteiger partial charge on any atom is 0.439 e. The van der Waals surface area contributed by atoms with Crippen molar-refractivity contribution in [2.45, 2.75) is 18.9 Å². The number of phenolic OH excluding ortho intramolecular Hbond substituents is 1. The van der Waals surface area contributed by atoms with Gasteiger partial charge in [-0.3, -0.25) is 9.51 Å². The van der Waals surface area contributed by atoms with Crippen LogP contribution in [0.3, 0.4) is 0 Å². The van der Waals surface area contributed by atoms with Crippen LogP contribution in [0.5, 0.6) is 17.2 Å². The van der Waals surface area contributed by atoms with Crippen molar-refractivity contribution in [3.05, 3.63) is 53.0 Å². The summed E-state index contributed by atoms with van der Waals surface area (Å²) < 4.78 is 10.6. The van der Waals surface area contributed by atoms with E-state index in [-0.39, 0.29) is 5.75 Å². The molecular formula is C19H20N4O4. The summed E-state index contributed by atoms with van der Waals surface area (Å²) in [7, 11) is 0. The molecule has 4 rings (SSSR count). The number of aromatic amines is 1. The number of nitrogens with one attached hydrogen (secondary N) is 3. The SMILES string of the molecule is O=c1[nH]c(-c2ccc(NC[C@@H]3CCCN3)c(Oc3ccc(O)cc3)c2)no1. The van der Waals surface area contributed by atoms with Crippen molar-refractivity contribution in [1.82, 2.24) is 15.5 Å². The van der Waals surface area contributed by atoms with E-state index in [0.29, 0.717) is 28.9 Å². The van der Waals surface area contributed by atoms with Crippen LogP contribution in [0.15, 0.2) is 51.8 Å². The first-order valence-electron chi connectivity index (χ1n) is 8.82. The molecule has 0 unspecified atom stereocenters. The first kappa shape index (κ1) is 17.2. The number of benzene rings is 2. The third-order valence-electron chi connectivity index (χ3n) is 4.46. The third kappa shape index (κ3) is 4.12. The number of phenols is 1. The summed E-state index contributed by atoms with van der Waals surface area (Å²) in [4.78, 5) is 13.8. The lowest BCUT2D eigenvalue weighted by atomic mass is 10.1. The Hall–Kier alpha value is -3.26. The Morgan fingerprint density at radius 1 is 1.26 bits per heavy atom. The van der Waals surface area contributed by atoms with Gasteiger partial charge in [0.1, 0.15) is 11.5 Å². The van der Waals surface area contributed by atoms with Crippen molar-refractivity contribution in [3.63, 3.8) is 0 Å². The maximum atomic E-state index is 11.2. The number of ether oxygens (including phenoxy) is 1. The van der Waals surface area contributed by atoms with Gasteiger partial charge in [-0.1, -0.05) is 5.16 Å². The minimum Gasteiger partial charge on any atom is -0.508 e. The van der Waals surface area contributed by atoms with Crippen molar-refractivity contribution >= 4 is 5.69 Å². The predicted molar refractivity (Wildman–Crippen MR) is 100 cm³/mol. The van der Waals surface area contributed by atoms with E-state index < -0.39 is 5.76 Å². The van der Waals surface area contributed by atoms with Gasteiger partial charge in [0, 0.05) is 18.2 Å². The highest BCUT2D eigenvalue weighted by molar-refractivity contribution is 5.67. The Kier molecular flexibility index (Phi) is 4.80. The van der Waals surface area contributed by atoms with Crippen molar-refractivity contribution in [1.29, 1.82) is 0 Å². The Bertz CT molecular complexity index is 958. The van der Waals surface area contributed by atoms with Gasteiger partial charge in [-0.05, 0) is 61.9 Å². The number of hydrogen-bond acceptors (Lipinski definition) is 7. The van der Waals surface area contributed by atoms with Crippen LogP contribution in [0.25, 0.3) is 11.4 Å². The summed E-state index contributed by atoms with van der Waals surface area (Å²) in [5.74, 6) is 1.06. The zero-order chi connectivity index (χ0) is 18.6. The number of aromatic hydroxyl groups is 1. The summed E-state index contributed by atoms with van der Waals surface area (Å²) in [5, 5.41) is 20.0. The van der Waals surface area contributed by atoms with Crippen molar-refractivity contribution in [2.24, 2.45) is 0 Å². The van der Waals surface area contributed by atoms with Gasteiger partial charge in [0.25, 0.3) is 0 Å². The molecule has 0 aliphatic carbocycles. The molecule has 1 fully saturated rings. The van der Waals surface area contributed by atoms with E-state index in [1.807, 2.05) is 12.1 Å². The van der Waals surface area contributed by atoms with Gasteiger partial charge in [0.15, 0.2) is 11.6 Å². The average molecular weight is 368 g/mol. The van der Waals surface area contributed by atoms with Crippen LogP contribution in [-0.4, -0.2) is 34.4 Å². The number of aromatic nitrogens is 2. The Labute approximate surface area is 155 Å². The normalized spacial score (nSPS) is 16.4. The molecule has 2 aromatic carbocycles. The molecule has 0 bridgehead atoms. The second-order valence-corrected chi connectivity index (χ2v) is 6.42. The number of anilines is 1. The number of nitrogens with zero attached hydrogens (tertiary/aromatic N) is 1. The fourth-order valence-electron chi connectivity index (χ4n) is 3.06. The molecule has 1 aromatic heterocycles. The highest BCUT2D eigenvalue weighted by atomic mass is 16.5. The summed E-state index contributed by atoms with van der Waals surface area (Å²) >= 11 is 0. The lowest BCUT2D eigenvalue weighted by Crippen LogP contribution is -2.29. The summed E-state index contributed by atoms with van der Waals surface area (Å²) in [6.45, 7) is 1.83. The van der Waals surface area contributed by atoms with Crippen LogP contribution < -0.4 is 21.1 Å². The highest BCUT2D eigenvalue weighted by Gasteiger charge is 2.16. The molecule has 1 atom stereocenters. The van der Waals surface area contributed by atoms with E-state index in [2.05, 4.69) is 25.3 Å². The first-order valence-corrected chi connectivity index (χ1v) is 8.82. The van der Waals surface area contributed by atoms with E-state index in [4.69, 9.17) is 4.74 Å². The summed E-state index contributed by atoms with van der Waals surface area (Å²) in [6.07, 6.45) is 2.32. The van der Waals surface area contributed by atoms with Crippen LogP contribution in [-0.2, 0) is 0 Å². The number of rotatable bonds is 6. The van der Waals surface area contributed by atoms with E-state index in [1.165, 1.54) is 6.42 Å². The van der Waals surface area contributed by atoms with Crippen LogP contribution in [0.2, 0.25) is 0 Å². The molecule has 0 amide bonds. The molecule has 140 valence electrons. The monoisotopic (exact) mass is 368 g/mol. The predicted octanol–water partition coefficient (Wildman–Crippen LogP) is 2.69. The van der Waals surface area contributed by atoms with E-state index >= 15 is 0 Å². The smallest absolute Gasteiger partial charge is 0.439 e.